The van der Waals surface area contributed by atoms with Crippen LogP contribution in [0.25, 0.3) is 34.0 Å². The minimum atomic E-state index is -4.21. The number of rotatable bonds is 10. The van der Waals surface area contributed by atoms with Crippen LogP contribution < -0.4 is 10.0 Å². The van der Waals surface area contributed by atoms with Gasteiger partial charge >= 0.3 is 12.1 Å². The van der Waals surface area contributed by atoms with E-state index in [0.29, 0.717) is 11.3 Å². The van der Waals surface area contributed by atoms with Crippen molar-refractivity contribution in [3.63, 3.8) is 0 Å². The smallest absolute Gasteiger partial charge is 0.412 e. The normalized spacial score (nSPS) is 12.3. The van der Waals surface area contributed by atoms with Crippen molar-refractivity contribution in [3.8, 4) is 34.0 Å². The summed E-state index contributed by atoms with van der Waals surface area (Å²) in [6.45, 7) is 5.26. The van der Waals surface area contributed by atoms with Crippen LogP contribution in [0.2, 0.25) is 0 Å². The summed E-state index contributed by atoms with van der Waals surface area (Å²) in [5.74, 6) is -2.12. The maximum Gasteiger partial charge on any atom is 0.412 e. The van der Waals surface area contributed by atoms with Crippen LogP contribution in [0.3, 0.4) is 0 Å². The summed E-state index contributed by atoms with van der Waals surface area (Å²) >= 11 is 0. The summed E-state index contributed by atoms with van der Waals surface area (Å²) in [5, 5.41) is 16.3. The molecule has 1 aromatic heterocycles. The van der Waals surface area contributed by atoms with E-state index in [1.54, 1.807) is 57.2 Å². The van der Waals surface area contributed by atoms with Gasteiger partial charge in [-0.05, 0) is 92.4 Å². The zero-order valence-electron chi connectivity index (χ0n) is 25.6. The first-order valence-electron chi connectivity index (χ1n) is 14.4. The second-order valence-corrected chi connectivity index (χ2v) is 13.3. The van der Waals surface area contributed by atoms with Gasteiger partial charge in [-0.2, -0.15) is 9.71 Å². The number of hydrogen-bond donors (Lipinski definition) is 3. The van der Waals surface area contributed by atoms with Gasteiger partial charge in [0.05, 0.1) is 10.5 Å². The molecule has 0 aliphatic heterocycles. The molecular weight excluding hydrogens is 627 g/mol. The highest BCUT2D eigenvalue weighted by atomic mass is 32.2. The summed E-state index contributed by atoms with van der Waals surface area (Å²) in [6.07, 6.45) is -0.931. The molecule has 11 nitrogen and oxygen atoms in total. The van der Waals surface area contributed by atoms with Crippen LogP contribution in [0.4, 0.5) is 14.9 Å². The van der Waals surface area contributed by atoms with Crippen LogP contribution >= 0.6 is 0 Å². The number of benzene rings is 4. The Morgan fingerprint density at radius 2 is 1.55 bits per heavy atom. The van der Waals surface area contributed by atoms with Gasteiger partial charge in [-0.25, -0.2) is 17.6 Å². The first kappa shape index (κ1) is 33.0. The number of carboxylic acids is 1. The van der Waals surface area contributed by atoms with Crippen LogP contribution in [0.15, 0.2) is 106 Å². The van der Waals surface area contributed by atoms with Crippen molar-refractivity contribution in [2.75, 3.05) is 5.32 Å². The number of ether oxygens (including phenoxy) is 1. The minimum absolute atomic E-state index is 0.00192. The second-order valence-electron chi connectivity index (χ2n) is 11.5. The molecule has 0 radical (unpaired) electrons. The van der Waals surface area contributed by atoms with Crippen LogP contribution in [0.1, 0.15) is 26.3 Å². The van der Waals surface area contributed by atoms with Gasteiger partial charge in [0, 0.05) is 11.3 Å². The lowest BCUT2D eigenvalue weighted by molar-refractivity contribution is -0.138. The number of amides is 1. The van der Waals surface area contributed by atoms with Gasteiger partial charge in [0.2, 0.25) is 15.8 Å². The van der Waals surface area contributed by atoms with Gasteiger partial charge in [0.15, 0.2) is 0 Å². The molecule has 3 N–H and O–H groups in total. The molecule has 0 saturated heterocycles. The van der Waals surface area contributed by atoms with Crippen LogP contribution in [-0.2, 0) is 26.0 Å². The Hall–Kier alpha value is -5.40. The summed E-state index contributed by atoms with van der Waals surface area (Å²) in [6, 6.07) is 24.3. The first-order valence-corrected chi connectivity index (χ1v) is 15.9. The van der Waals surface area contributed by atoms with E-state index in [4.69, 9.17) is 9.26 Å². The average molecular weight is 659 g/mol. The lowest BCUT2D eigenvalue weighted by atomic mass is 10.0. The number of carbonyl (C=O) groups excluding carboxylic acids is 1. The molecule has 5 aromatic rings. The van der Waals surface area contributed by atoms with Crippen molar-refractivity contribution >= 4 is 27.8 Å². The van der Waals surface area contributed by atoms with E-state index < -0.39 is 39.5 Å². The molecule has 13 heteroatoms. The molecule has 0 fully saturated rings. The third kappa shape index (κ3) is 8.45. The standard InChI is InChI=1S/C34H31FN4O7S/c1-34(2,3)45-33(42)36-25-14-10-24(11-15-25)31-37-30(38-46-31)27-18-9-21(19-28(27)35)20-29(32(40)41)39-47(43,44)26-16-12-23(13-17-26)22-7-5-4-6-8-22/h4-19,29,39H,20H2,1-3H3,(H,36,42)(H,40,41). The third-order valence-electron chi connectivity index (χ3n) is 6.78. The summed E-state index contributed by atoms with van der Waals surface area (Å²) in [4.78, 5) is 28.2. The third-order valence-corrected chi connectivity index (χ3v) is 8.27. The first-order chi connectivity index (χ1) is 22.3. The lowest BCUT2D eigenvalue weighted by Crippen LogP contribution is -2.42. The van der Waals surface area contributed by atoms with Crippen molar-refractivity contribution < 1.29 is 36.8 Å². The zero-order chi connectivity index (χ0) is 33.8. The predicted molar refractivity (Wildman–Crippen MR) is 172 cm³/mol. The minimum Gasteiger partial charge on any atom is -0.480 e. The molecule has 242 valence electrons. The Morgan fingerprint density at radius 1 is 0.915 bits per heavy atom. The molecule has 1 heterocycles. The SMILES string of the molecule is CC(C)(C)OC(=O)Nc1ccc(-c2nc(-c3ccc(CC(NS(=O)(=O)c4ccc(-c5ccccc5)cc4)C(=O)O)cc3F)no2)cc1. The molecule has 5 rings (SSSR count). The monoisotopic (exact) mass is 658 g/mol. The van der Waals surface area contributed by atoms with E-state index in [2.05, 4.69) is 20.2 Å². The van der Waals surface area contributed by atoms with Crippen LogP contribution in [0.5, 0.6) is 0 Å². The number of halogens is 1. The molecule has 4 aromatic carbocycles. The summed E-state index contributed by atoms with van der Waals surface area (Å²) in [5.41, 5.74) is 2.28. The molecule has 1 amide bonds. The largest absolute Gasteiger partial charge is 0.480 e. The molecule has 0 bridgehead atoms. The maximum absolute atomic E-state index is 15.2. The number of hydrogen-bond acceptors (Lipinski definition) is 8. The Morgan fingerprint density at radius 3 is 2.17 bits per heavy atom. The molecule has 0 spiro atoms. The van der Waals surface area contributed by atoms with Gasteiger partial charge in [0.1, 0.15) is 17.5 Å². The van der Waals surface area contributed by atoms with E-state index >= 15 is 4.39 Å². The molecule has 1 atom stereocenters. The van der Waals surface area contributed by atoms with Crippen molar-refractivity contribution in [1.29, 1.82) is 0 Å². The quantitative estimate of drug-likeness (QED) is 0.152. The van der Waals surface area contributed by atoms with Gasteiger partial charge in [-0.1, -0.05) is 53.7 Å². The van der Waals surface area contributed by atoms with E-state index in [0.717, 1.165) is 17.2 Å². The maximum atomic E-state index is 15.2. The highest BCUT2D eigenvalue weighted by Crippen LogP contribution is 2.27. The van der Waals surface area contributed by atoms with Crippen LogP contribution in [0, 0.1) is 5.82 Å². The lowest BCUT2D eigenvalue weighted by Gasteiger charge is -2.19. The highest BCUT2D eigenvalue weighted by Gasteiger charge is 2.26. The average Bonchev–Trinajstić information content (AvgIpc) is 3.51. The summed E-state index contributed by atoms with van der Waals surface area (Å²) < 4.78 is 54.0. The fourth-order valence-corrected chi connectivity index (χ4v) is 5.75. The van der Waals surface area contributed by atoms with E-state index in [1.165, 1.54) is 24.3 Å². The molecule has 0 aliphatic carbocycles. The Bertz CT molecular complexity index is 1990. The number of nitrogens with zero attached hydrogens (tertiary/aromatic N) is 2. The molecule has 0 aliphatic rings. The van der Waals surface area contributed by atoms with E-state index in [1.807, 2.05) is 30.3 Å². The Balaban J connectivity index is 1.25. The number of carbonyl (C=O) groups is 2. The number of aromatic nitrogens is 2. The molecule has 47 heavy (non-hydrogen) atoms. The zero-order valence-corrected chi connectivity index (χ0v) is 26.4. The number of anilines is 1. The van der Waals surface area contributed by atoms with Crippen LogP contribution in [-0.4, -0.2) is 47.4 Å². The Kier molecular flexibility index (Phi) is 9.49. The van der Waals surface area contributed by atoms with E-state index in [-0.39, 0.29) is 34.2 Å². The van der Waals surface area contributed by atoms with Crippen molar-refractivity contribution in [2.24, 2.45) is 0 Å². The Labute approximate surface area is 270 Å². The topological polar surface area (TPSA) is 161 Å². The fourth-order valence-electron chi connectivity index (χ4n) is 4.56. The number of sulfonamides is 1. The number of carboxylic acid groups (broad SMARTS) is 1. The van der Waals surface area contributed by atoms with Crippen molar-refractivity contribution in [3.05, 3.63) is 108 Å². The molecule has 0 saturated carbocycles. The molecular formula is C34H31FN4O7S. The van der Waals surface area contributed by atoms with Gasteiger partial charge < -0.3 is 14.4 Å². The van der Waals surface area contributed by atoms with Gasteiger partial charge in [-0.15, -0.1) is 0 Å². The number of aliphatic carboxylic acids is 1. The predicted octanol–water partition coefficient (Wildman–Crippen LogP) is 6.53. The second kappa shape index (κ2) is 13.5. The van der Waals surface area contributed by atoms with E-state index in [9.17, 15) is 23.1 Å². The highest BCUT2D eigenvalue weighted by molar-refractivity contribution is 7.89. The fraction of sp³-hybridized carbons (Fsp3) is 0.176. The summed E-state index contributed by atoms with van der Waals surface area (Å²) in [7, 11) is -4.21. The van der Waals surface area contributed by atoms with Crippen molar-refractivity contribution in [1.82, 2.24) is 14.9 Å². The van der Waals surface area contributed by atoms with Gasteiger partial charge in [0.25, 0.3) is 5.89 Å². The number of nitrogens with one attached hydrogen (secondary N) is 2. The van der Waals surface area contributed by atoms with Crippen molar-refractivity contribution in [2.45, 2.75) is 43.7 Å². The van der Waals surface area contributed by atoms with Gasteiger partial charge in [-0.3, -0.25) is 10.1 Å². The molecule has 1 unspecified atom stereocenters.